The van der Waals surface area contributed by atoms with Crippen LogP contribution in [-0.2, 0) is 9.53 Å². The van der Waals surface area contributed by atoms with Crippen LogP contribution in [0.5, 0.6) is 0 Å². The third-order valence-corrected chi connectivity index (χ3v) is 2.44. The Kier molecular flexibility index (Phi) is 9.75. The number of ether oxygens (including phenoxy) is 1. The molecule has 9 heteroatoms. The largest absolute Gasteiger partial charge is 0.465 e. The van der Waals surface area contributed by atoms with Gasteiger partial charge in [0.15, 0.2) is 11.9 Å². The number of hydrogen-bond donors (Lipinski definition) is 7. The van der Waals surface area contributed by atoms with Gasteiger partial charge in [0.1, 0.15) is 6.04 Å². The molecule has 0 aromatic carbocycles. The molecule has 0 saturated carbocycles. The Balaban J connectivity index is 3.50. The Hall–Kier alpha value is -2.03. The highest BCUT2D eigenvalue weighted by Gasteiger charge is 2.14. The third-order valence-electron chi connectivity index (χ3n) is 2.44. The Morgan fingerprint density at radius 1 is 1.05 bits per heavy atom. The van der Waals surface area contributed by atoms with Gasteiger partial charge in [-0.15, -0.1) is 0 Å². The average Bonchev–Trinajstić information content (AvgIpc) is 2.37. The van der Waals surface area contributed by atoms with Crippen molar-refractivity contribution in [1.29, 1.82) is 10.8 Å². The van der Waals surface area contributed by atoms with E-state index in [1.807, 2.05) is 0 Å². The Bertz CT molecular complexity index is 322. The van der Waals surface area contributed by atoms with Crippen LogP contribution >= 0.6 is 0 Å². The topological polar surface area (TPSA) is 176 Å². The van der Waals surface area contributed by atoms with Crippen LogP contribution in [0.1, 0.15) is 25.7 Å². The van der Waals surface area contributed by atoms with Crippen molar-refractivity contribution in [3.05, 3.63) is 0 Å². The molecule has 0 fully saturated rings. The zero-order chi connectivity index (χ0) is 15.4. The summed E-state index contributed by atoms with van der Waals surface area (Å²) in [4.78, 5) is 11.5. The number of nitrogens with two attached hydrogens (primary N) is 3. The molecule has 0 heterocycles. The van der Waals surface area contributed by atoms with Gasteiger partial charge in [-0.25, -0.2) is 0 Å². The first-order valence-electron chi connectivity index (χ1n) is 6.51. The second-order valence-electron chi connectivity index (χ2n) is 4.30. The van der Waals surface area contributed by atoms with E-state index in [1.165, 1.54) is 0 Å². The van der Waals surface area contributed by atoms with E-state index in [4.69, 9.17) is 32.8 Å². The van der Waals surface area contributed by atoms with Crippen LogP contribution in [0, 0.1) is 10.8 Å². The van der Waals surface area contributed by atoms with Gasteiger partial charge in [0.05, 0.1) is 6.61 Å². The second-order valence-corrected chi connectivity index (χ2v) is 4.30. The molecule has 0 aliphatic rings. The lowest BCUT2D eigenvalue weighted by Gasteiger charge is -2.12. The van der Waals surface area contributed by atoms with Gasteiger partial charge in [-0.05, 0) is 25.7 Å². The second kappa shape index (κ2) is 10.9. The van der Waals surface area contributed by atoms with Crippen molar-refractivity contribution in [2.45, 2.75) is 31.7 Å². The number of nitrogens with one attached hydrogen (secondary N) is 4. The van der Waals surface area contributed by atoms with Gasteiger partial charge in [0.2, 0.25) is 0 Å². The molecular formula is C11H25N7O2. The SMILES string of the molecule is N=C(N)NCCCCOC(=O)[C@@H](N)CCCNC(=N)N. The third kappa shape index (κ3) is 11.1. The highest BCUT2D eigenvalue weighted by molar-refractivity contribution is 5.75. The summed E-state index contributed by atoms with van der Waals surface area (Å²) in [6.45, 7) is 1.39. The van der Waals surface area contributed by atoms with Crippen molar-refractivity contribution in [3.63, 3.8) is 0 Å². The molecule has 0 bridgehead atoms. The molecule has 0 aliphatic carbocycles. The molecule has 0 rings (SSSR count). The summed E-state index contributed by atoms with van der Waals surface area (Å²) in [5.74, 6) is -0.587. The van der Waals surface area contributed by atoms with Crippen molar-refractivity contribution in [3.8, 4) is 0 Å². The van der Waals surface area contributed by atoms with E-state index in [-0.39, 0.29) is 11.9 Å². The van der Waals surface area contributed by atoms with E-state index in [9.17, 15) is 4.79 Å². The molecular weight excluding hydrogens is 262 g/mol. The number of hydrogen-bond acceptors (Lipinski definition) is 5. The van der Waals surface area contributed by atoms with Crippen LogP contribution in [0.3, 0.4) is 0 Å². The summed E-state index contributed by atoms with van der Waals surface area (Å²) in [5, 5.41) is 19.2. The molecule has 0 amide bonds. The summed E-state index contributed by atoms with van der Waals surface area (Å²) < 4.78 is 5.03. The van der Waals surface area contributed by atoms with Gasteiger partial charge < -0.3 is 32.6 Å². The average molecular weight is 287 g/mol. The van der Waals surface area contributed by atoms with Crippen molar-refractivity contribution in [1.82, 2.24) is 10.6 Å². The van der Waals surface area contributed by atoms with Gasteiger partial charge in [0, 0.05) is 13.1 Å². The first-order valence-corrected chi connectivity index (χ1v) is 6.51. The summed E-state index contributed by atoms with van der Waals surface area (Å²) in [5.41, 5.74) is 15.9. The number of esters is 1. The Morgan fingerprint density at radius 2 is 1.60 bits per heavy atom. The molecule has 20 heavy (non-hydrogen) atoms. The van der Waals surface area contributed by atoms with Crippen molar-refractivity contribution >= 4 is 17.9 Å². The van der Waals surface area contributed by atoms with Crippen LogP contribution in [0.2, 0.25) is 0 Å². The Labute approximate surface area is 118 Å². The van der Waals surface area contributed by atoms with Crippen LogP contribution in [0.25, 0.3) is 0 Å². The van der Waals surface area contributed by atoms with Gasteiger partial charge in [-0.2, -0.15) is 0 Å². The predicted octanol–water partition coefficient (Wildman–Crippen LogP) is -1.62. The highest BCUT2D eigenvalue weighted by atomic mass is 16.5. The minimum atomic E-state index is -0.654. The lowest BCUT2D eigenvalue weighted by Crippen LogP contribution is -2.35. The maximum absolute atomic E-state index is 11.5. The smallest absolute Gasteiger partial charge is 0.322 e. The molecule has 0 aromatic rings. The molecule has 10 N–H and O–H groups in total. The van der Waals surface area contributed by atoms with Crippen LogP contribution < -0.4 is 27.8 Å². The molecule has 0 radical (unpaired) electrons. The van der Waals surface area contributed by atoms with Crippen LogP contribution in [0.15, 0.2) is 0 Å². The predicted molar refractivity (Wildman–Crippen MR) is 77.2 cm³/mol. The fourth-order valence-electron chi connectivity index (χ4n) is 1.39. The Morgan fingerprint density at radius 3 is 2.15 bits per heavy atom. The minimum absolute atomic E-state index is 0.0665. The molecule has 1 atom stereocenters. The first kappa shape index (κ1) is 18.0. The van der Waals surface area contributed by atoms with Gasteiger partial charge in [-0.3, -0.25) is 15.6 Å². The first-order chi connectivity index (χ1) is 9.43. The van der Waals surface area contributed by atoms with E-state index in [2.05, 4.69) is 10.6 Å². The zero-order valence-electron chi connectivity index (χ0n) is 11.6. The maximum Gasteiger partial charge on any atom is 0.322 e. The number of carbonyl (C=O) groups is 1. The molecule has 0 saturated heterocycles. The molecule has 0 unspecified atom stereocenters. The normalized spacial score (nSPS) is 11.4. The fourth-order valence-corrected chi connectivity index (χ4v) is 1.39. The van der Waals surface area contributed by atoms with Crippen molar-refractivity contribution in [2.75, 3.05) is 19.7 Å². The fraction of sp³-hybridized carbons (Fsp3) is 0.727. The van der Waals surface area contributed by atoms with Crippen LogP contribution in [0.4, 0.5) is 0 Å². The van der Waals surface area contributed by atoms with E-state index in [0.717, 1.165) is 6.42 Å². The van der Waals surface area contributed by atoms with E-state index in [0.29, 0.717) is 39.0 Å². The quantitative estimate of drug-likeness (QED) is 0.109. The molecule has 0 aromatic heterocycles. The minimum Gasteiger partial charge on any atom is -0.465 e. The van der Waals surface area contributed by atoms with Gasteiger partial charge in [0.25, 0.3) is 0 Å². The van der Waals surface area contributed by atoms with Crippen LogP contribution in [-0.4, -0.2) is 43.6 Å². The molecule has 0 spiro atoms. The van der Waals surface area contributed by atoms with E-state index < -0.39 is 12.0 Å². The standard InChI is InChI=1S/C11H25N7O2/c12-8(4-3-6-18-11(15)16)9(19)20-7-2-1-5-17-10(13)14/h8H,1-7,12H2,(H4,13,14,17)(H4,15,16,18)/t8-/m0/s1. The lowest BCUT2D eigenvalue weighted by atomic mass is 10.2. The lowest BCUT2D eigenvalue weighted by molar-refractivity contribution is -0.145. The summed E-state index contributed by atoms with van der Waals surface area (Å²) in [6.07, 6.45) is 2.55. The summed E-state index contributed by atoms with van der Waals surface area (Å²) >= 11 is 0. The van der Waals surface area contributed by atoms with E-state index >= 15 is 0 Å². The molecule has 116 valence electrons. The summed E-state index contributed by atoms with van der Waals surface area (Å²) in [7, 11) is 0. The summed E-state index contributed by atoms with van der Waals surface area (Å²) in [6, 6.07) is -0.654. The number of carbonyl (C=O) groups excluding carboxylic acids is 1. The zero-order valence-corrected chi connectivity index (χ0v) is 11.6. The highest BCUT2D eigenvalue weighted by Crippen LogP contribution is 1.98. The maximum atomic E-state index is 11.5. The van der Waals surface area contributed by atoms with Crippen molar-refractivity contribution < 1.29 is 9.53 Å². The number of guanidine groups is 2. The van der Waals surface area contributed by atoms with E-state index in [1.54, 1.807) is 0 Å². The molecule has 0 aliphatic heterocycles. The van der Waals surface area contributed by atoms with Gasteiger partial charge in [-0.1, -0.05) is 0 Å². The molecule has 9 nitrogen and oxygen atoms in total. The number of unbranched alkanes of at least 4 members (excludes halogenated alkanes) is 1. The number of rotatable bonds is 10. The van der Waals surface area contributed by atoms with Crippen molar-refractivity contribution in [2.24, 2.45) is 17.2 Å². The van der Waals surface area contributed by atoms with Gasteiger partial charge >= 0.3 is 5.97 Å². The monoisotopic (exact) mass is 287 g/mol.